The number of hydrogen-bond acceptors (Lipinski definition) is 4. The van der Waals surface area contributed by atoms with Gasteiger partial charge in [0, 0.05) is 23.7 Å². The first-order chi connectivity index (χ1) is 6.79. The molecule has 0 bridgehead atoms. The number of aromatic nitrogens is 2. The van der Waals surface area contributed by atoms with E-state index in [4.69, 9.17) is 0 Å². The molecule has 0 amide bonds. The van der Waals surface area contributed by atoms with E-state index in [0.717, 1.165) is 15.7 Å². The molecule has 1 N–H and O–H groups in total. The molecule has 5 heteroatoms. The maximum atomic E-state index is 4.19. The average Bonchev–Trinajstić information content (AvgIpc) is 2.16. The lowest BCUT2D eigenvalue weighted by Crippen LogP contribution is -2.41. The van der Waals surface area contributed by atoms with Crippen LogP contribution in [0.3, 0.4) is 0 Å². The van der Waals surface area contributed by atoms with Crippen LogP contribution in [0.5, 0.6) is 0 Å². The second kappa shape index (κ2) is 4.49. The summed E-state index contributed by atoms with van der Waals surface area (Å²) in [6.45, 7) is 0. The van der Waals surface area contributed by atoms with Crippen LogP contribution in [0.15, 0.2) is 16.9 Å². The van der Waals surface area contributed by atoms with Crippen LogP contribution in [-0.4, -0.2) is 27.5 Å². The van der Waals surface area contributed by atoms with Gasteiger partial charge in [0.1, 0.15) is 0 Å². The molecule has 0 aromatic carbocycles. The van der Waals surface area contributed by atoms with Gasteiger partial charge in [0.05, 0.1) is 4.47 Å². The second-order valence-electron chi connectivity index (χ2n) is 3.33. The molecule has 1 aliphatic carbocycles. The van der Waals surface area contributed by atoms with Crippen molar-refractivity contribution in [2.75, 3.05) is 11.6 Å². The van der Waals surface area contributed by atoms with Crippen molar-refractivity contribution >= 4 is 33.6 Å². The smallest absolute Gasteiger partial charge is 0.222 e. The van der Waals surface area contributed by atoms with Crippen LogP contribution in [0.4, 0.5) is 5.95 Å². The summed E-state index contributed by atoms with van der Waals surface area (Å²) >= 11 is 5.23. The van der Waals surface area contributed by atoms with Gasteiger partial charge in [-0.1, -0.05) is 0 Å². The monoisotopic (exact) mass is 273 g/mol. The molecular formula is C9H12BrN3S. The zero-order chi connectivity index (χ0) is 9.97. The Morgan fingerprint density at radius 2 is 2.14 bits per heavy atom. The highest BCUT2D eigenvalue weighted by Gasteiger charge is 2.30. The highest BCUT2D eigenvalue weighted by atomic mass is 79.9. The third-order valence-electron chi connectivity index (χ3n) is 2.45. The first-order valence-electron chi connectivity index (χ1n) is 4.56. The summed E-state index contributed by atoms with van der Waals surface area (Å²) < 4.78 is 0.915. The Morgan fingerprint density at radius 3 is 2.64 bits per heavy atom. The summed E-state index contributed by atoms with van der Waals surface area (Å²) in [7, 11) is 0. The highest BCUT2D eigenvalue weighted by Crippen LogP contribution is 2.31. The van der Waals surface area contributed by atoms with Crippen molar-refractivity contribution in [2.24, 2.45) is 0 Å². The topological polar surface area (TPSA) is 37.8 Å². The molecular weight excluding hydrogens is 262 g/mol. The maximum Gasteiger partial charge on any atom is 0.222 e. The third-order valence-corrected chi connectivity index (χ3v) is 4.03. The fourth-order valence-electron chi connectivity index (χ4n) is 1.47. The van der Waals surface area contributed by atoms with Gasteiger partial charge in [-0.3, -0.25) is 0 Å². The molecule has 1 aliphatic rings. The van der Waals surface area contributed by atoms with Gasteiger partial charge in [0.15, 0.2) is 0 Å². The summed E-state index contributed by atoms with van der Waals surface area (Å²) in [6.07, 6.45) is 8.21. The van der Waals surface area contributed by atoms with Gasteiger partial charge in [0.25, 0.3) is 0 Å². The second-order valence-corrected chi connectivity index (χ2v) is 5.32. The summed E-state index contributed by atoms with van der Waals surface area (Å²) in [5, 5.41) is 4.07. The molecule has 1 heterocycles. The Bertz CT molecular complexity index is 301. The molecule has 76 valence electrons. The quantitative estimate of drug-likeness (QED) is 0.919. The predicted octanol–water partition coefficient (Wildman–Crippen LogP) is 2.54. The van der Waals surface area contributed by atoms with Crippen molar-refractivity contribution in [1.82, 2.24) is 9.97 Å². The van der Waals surface area contributed by atoms with Crippen molar-refractivity contribution < 1.29 is 0 Å². The first-order valence-corrected chi connectivity index (χ1v) is 6.64. The van der Waals surface area contributed by atoms with Crippen molar-refractivity contribution in [3.05, 3.63) is 16.9 Å². The van der Waals surface area contributed by atoms with Crippen LogP contribution in [-0.2, 0) is 0 Å². The van der Waals surface area contributed by atoms with Crippen LogP contribution in [0.2, 0.25) is 0 Å². The minimum Gasteiger partial charge on any atom is -0.350 e. The average molecular weight is 274 g/mol. The molecule has 1 aromatic heterocycles. The SMILES string of the molecule is CSC1CCC1Nc1ncc(Br)cn1. The minimum atomic E-state index is 0.547. The van der Waals surface area contributed by atoms with Gasteiger partial charge < -0.3 is 5.32 Å². The fraction of sp³-hybridized carbons (Fsp3) is 0.556. The largest absolute Gasteiger partial charge is 0.350 e. The number of hydrogen-bond donors (Lipinski definition) is 1. The van der Waals surface area contributed by atoms with E-state index in [-0.39, 0.29) is 0 Å². The van der Waals surface area contributed by atoms with E-state index < -0.39 is 0 Å². The van der Waals surface area contributed by atoms with Crippen molar-refractivity contribution in [3.63, 3.8) is 0 Å². The van der Waals surface area contributed by atoms with Crippen LogP contribution in [0.1, 0.15) is 12.8 Å². The van der Waals surface area contributed by atoms with E-state index in [0.29, 0.717) is 6.04 Å². The molecule has 2 atom stereocenters. The molecule has 1 saturated carbocycles. The molecule has 2 unspecified atom stereocenters. The number of halogens is 1. The summed E-state index contributed by atoms with van der Waals surface area (Å²) in [5.41, 5.74) is 0. The maximum absolute atomic E-state index is 4.19. The lowest BCUT2D eigenvalue weighted by molar-refractivity contribution is 0.460. The van der Waals surface area contributed by atoms with Crippen LogP contribution in [0, 0.1) is 0 Å². The predicted molar refractivity (Wildman–Crippen MR) is 63.7 cm³/mol. The van der Waals surface area contributed by atoms with E-state index in [1.807, 2.05) is 11.8 Å². The Morgan fingerprint density at radius 1 is 1.43 bits per heavy atom. The summed E-state index contributed by atoms with van der Waals surface area (Å²) in [4.78, 5) is 8.38. The summed E-state index contributed by atoms with van der Waals surface area (Å²) in [5.74, 6) is 0.733. The number of rotatable bonds is 3. The van der Waals surface area contributed by atoms with Gasteiger partial charge in [-0.05, 0) is 35.0 Å². The van der Waals surface area contributed by atoms with Crippen LogP contribution >= 0.6 is 27.7 Å². The Balaban J connectivity index is 1.94. The van der Waals surface area contributed by atoms with Crippen LogP contribution in [0.25, 0.3) is 0 Å². The lowest BCUT2D eigenvalue weighted by Gasteiger charge is -2.35. The lowest BCUT2D eigenvalue weighted by atomic mass is 9.92. The van der Waals surface area contributed by atoms with E-state index in [9.17, 15) is 0 Å². The van der Waals surface area contributed by atoms with Gasteiger partial charge in [-0.2, -0.15) is 11.8 Å². The molecule has 1 fully saturated rings. The van der Waals surface area contributed by atoms with Crippen molar-refractivity contribution in [1.29, 1.82) is 0 Å². The fourth-order valence-corrected chi connectivity index (χ4v) is 2.58. The molecule has 3 nitrogen and oxygen atoms in total. The molecule has 0 aliphatic heterocycles. The molecule has 0 spiro atoms. The van der Waals surface area contributed by atoms with Crippen LogP contribution < -0.4 is 5.32 Å². The number of nitrogens with zero attached hydrogens (tertiary/aromatic N) is 2. The van der Waals surface area contributed by atoms with Crippen molar-refractivity contribution in [2.45, 2.75) is 24.1 Å². The van der Waals surface area contributed by atoms with E-state index in [2.05, 4.69) is 37.5 Å². The van der Waals surface area contributed by atoms with Crippen molar-refractivity contribution in [3.8, 4) is 0 Å². The van der Waals surface area contributed by atoms with E-state index in [1.54, 1.807) is 12.4 Å². The Hall–Kier alpha value is -0.290. The zero-order valence-corrected chi connectivity index (χ0v) is 10.3. The van der Waals surface area contributed by atoms with E-state index in [1.165, 1.54) is 12.8 Å². The highest BCUT2D eigenvalue weighted by molar-refractivity contribution is 9.10. The number of nitrogens with one attached hydrogen (secondary N) is 1. The summed E-state index contributed by atoms with van der Waals surface area (Å²) in [6, 6.07) is 0.547. The van der Waals surface area contributed by atoms with Gasteiger partial charge in [-0.25, -0.2) is 9.97 Å². The Kier molecular flexibility index (Phi) is 3.28. The number of anilines is 1. The molecule has 2 rings (SSSR count). The standard InChI is InChI=1S/C9H12BrN3S/c1-14-8-3-2-7(8)13-9-11-4-6(10)5-12-9/h4-5,7-8H,2-3H2,1H3,(H,11,12,13). The van der Waals surface area contributed by atoms with Gasteiger partial charge in [-0.15, -0.1) is 0 Å². The number of thioether (sulfide) groups is 1. The van der Waals surface area contributed by atoms with Gasteiger partial charge in [0.2, 0.25) is 5.95 Å². The first kappa shape index (κ1) is 10.2. The third kappa shape index (κ3) is 2.20. The minimum absolute atomic E-state index is 0.547. The molecule has 14 heavy (non-hydrogen) atoms. The Labute approximate surface area is 96.2 Å². The zero-order valence-electron chi connectivity index (χ0n) is 7.90. The van der Waals surface area contributed by atoms with Gasteiger partial charge >= 0.3 is 0 Å². The van der Waals surface area contributed by atoms with E-state index >= 15 is 0 Å². The molecule has 1 aromatic rings. The normalized spacial score (nSPS) is 25.6. The molecule has 0 radical (unpaired) electrons. The molecule has 0 saturated heterocycles.